The van der Waals surface area contributed by atoms with Gasteiger partial charge in [0.25, 0.3) is 0 Å². The minimum Gasteiger partial charge on any atom is -0.497 e. The van der Waals surface area contributed by atoms with Crippen molar-refractivity contribution in [1.82, 2.24) is 0 Å². The molecule has 0 saturated carbocycles. The molecule has 1 amide bonds. The molecule has 1 N–H and O–H groups in total. The highest BCUT2D eigenvalue weighted by molar-refractivity contribution is 6.30. The fourth-order valence-electron chi connectivity index (χ4n) is 4.90. The van der Waals surface area contributed by atoms with Crippen molar-refractivity contribution in [2.24, 2.45) is 5.92 Å². The third-order valence-corrected chi connectivity index (χ3v) is 6.71. The number of methoxy groups -OCH3 is 1. The molecule has 2 heterocycles. The summed E-state index contributed by atoms with van der Waals surface area (Å²) in [5, 5.41) is 3.86. The number of rotatable bonds is 4. The Morgan fingerprint density at radius 3 is 2.72 bits per heavy atom. The van der Waals surface area contributed by atoms with Crippen molar-refractivity contribution < 1.29 is 9.53 Å². The third kappa shape index (κ3) is 4.00. The Labute approximate surface area is 193 Å². The molecular formula is C26H26ClN3O2. The number of nitrogens with zero attached hydrogens (tertiary/aromatic N) is 2. The number of hydrogen-bond donors (Lipinski definition) is 1. The topological polar surface area (TPSA) is 44.8 Å². The first-order chi connectivity index (χ1) is 15.6. The van der Waals surface area contributed by atoms with E-state index in [1.807, 2.05) is 42.5 Å². The van der Waals surface area contributed by atoms with Crippen LogP contribution in [-0.4, -0.2) is 38.7 Å². The van der Waals surface area contributed by atoms with Gasteiger partial charge in [0.15, 0.2) is 0 Å². The molecule has 1 saturated heterocycles. The lowest BCUT2D eigenvalue weighted by atomic mass is 9.83. The molecule has 1 fully saturated rings. The minimum absolute atomic E-state index is 0.0377. The highest BCUT2D eigenvalue weighted by Crippen LogP contribution is 2.37. The second-order valence-corrected chi connectivity index (χ2v) is 8.78. The summed E-state index contributed by atoms with van der Waals surface area (Å²) in [6, 6.07) is 24.0. The molecule has 0 spiro atoms. The van der Waals surface area contributed by atoms with E-state index in [4.69, 9.17) is 16.3 Å². The zero-order chi connectivity index (χ0) is 22.1. The summed E-state index contributed by atoms with van der Waals surface area (Å²) in [7, 11) is 1.63. The molecule has 32 heavy (non-hydrogen) atoms. The molecule has 3 aromatic carbocycles. The van der Waals surface area contributed by atoms with Crippen molar-refractivity contribution in [2.45, 2.75) is 12.5 Å². The van der Waals surface area contributed by atoms with Crippen molar-refractivity contribution in [3.63, 3.8) is 0 Å². The van der Waals surface area contributed by atoms with Crippen LogP contribution in [0, 0.1) is 5.92 Å². The summed E-state index contributed by atoms with van der Waals surface area (Å²) < 4.78 is 5.31. The van der Waals surface area contributed by atoms with Crippen LogP contribution in [0.1, 0.15) is 5.56 Å². The maximum absolute atomic E-state index is 13.5. The number of amides is 1. The maximum Gasteiger partial charge on any atom is 0.229 e. The van der Waals surface area contributed by atoms with E-state index >= 15 is 0 Å². The van der Waals surface area contributed by atoms with E-state index in [0.717, 1.165) is 48.2 Å². The highest BCUT2D eigenvalue weighted by atomic mass is 35.5. The molecule has 0 aliphatic carbocycles. The molecule has 5 rings (SSSR count). The molecule has 2 aliphatic heterocycles. The van der Waals surface area contributed by atoms with Gasteiger partial charge >= 0.3 is 0 Å². The molecule has 0 aromatic heterocycles. The van der Waals surface area contributed by atoms with Crippen molar-refractivity contribution in [2.75, 3.05) is 41.9 Å². The van der Waals surface area contributed by atoms with Crippen molar-refractivity contribution in [3.8, 4) is 5.75 Å². The number of carbonyl (C=O) groups excluding carboxylic acids is 1. The molecule has 0 bridgehead atoms. The fourth-order valence-corrected chi connectivity index (χ4v) is 5.09. The average Bonchev–Trinajstić information content (AvgIpc) is 2.83. The third-order valence-electron chi connectivity index (χ3n) is 6.47. The minimum atomic E-state index is -0.168. The second-order valence-electron chi connectivity index (χ2n) is 8.35. The predicted octanol–water partition coefficient (Wildman–Crippen LogP) is 4.85. The predicted molar refractivity (Wildman–Crippen MR) is 130 cm³/mol. The normalized spacial score (nSPS) is 19.7. The van der Waals surface area contributed by atoms with Gasteiger partial charge in [-0.2, -0.15) is 0 Å². The lowest BCUT2D eigenvalue weighted by Crippen LogP contribution is -2.60. The first-order valence-electron chi connectivity index (χ1n) is 10.9. The van der Waals surface area contributed by atoms with Crippen LogP contribution in [0.4, 0.5) is 17.1 Å². The van der Waals surface area contributed by atoms with Gasteiger partial charge in [-0.1, -0.05) is 41.9 Å². The molecule has 164 valence electrons. The smallest absolute Gasteiger partial charge is 0.229 e. The van der Waals surface area contributed by atoms with E-state index in [9.17, 15) is 4.79 Å². The molecular weight excluding hydrogens is 422 g/mol. The van der Waals surface area contributed by atoms with Crippen LogP contribution in [0.5, 0.6) is 5.75 Å². The van der Waals surface area contributed by atoms with Gasteiger partial charge in [0, 0.05) is 47.8 Å². The summed E-state index contributed by atoms with van der Waals surface area (Å²) in [5.74, 6) is 0.594. The van der Waals surface area contributed by atoms with Gasteiger partial charge in [-0.25, -0.2) is 0 Å². The number of carbonyl (C=O) groups is 1. The Morgan fingerprint density at radius 1 is 1.03 bits per heavy atom. The van der Waals surface area contributed by atoms with Crippen molar-refractivity contribution in [1.29, 1.82) is 0 Å². The first kappa shape index (κ1) is 20.7. The summed E-state index contributed by atoms with van der Waals surface area (Å²) in [6.45, 7) is 2.51. The second kappa shape index (κ2) is 8.75. The highest BCUT2D eigenvalue weighted by Gasteiger charge is 2.41. The number of ether oxygens (including phenoxy) is 1. The van der Waals surface area contributed by atoms with Crippen LogP contribution in [0.25, 0.3) is 0 Å². The summed E-state index contributed by atoms with van der Waals surface area (Å²) in [4.78, 5) is 18.3. The number of halogens is 1. The molecule has 2 unspecified atom stereocenters. The van der Waals surface area contributed by atoms with Gasteiger partial charge < -0.3 is 19.9 Å². The van der Waals surface area contributed by atoms with Gasteiger partial charge in [-0.05, 0) is 48.4 Å². The van der Waals surface area contributed by atoms with Crippen LogP contribution in [0.15, 0.2) is 72.8 Å². The molecule has 5 nitrogen and oxygen atoms in total. The fraction of sp³-hybridized carbons (Fsp3) is 0.269. The van der Waals surface area contributed by atoms with E-state index in [1.54, 1.807) is 7.11 Å². The summed E-state index contributed by atoms with van der Waals surface area (Å²) >= 11 is 6.25. The Morgan fingerprint density at radius 2 is 1.88 bits per heavy atom. The van der Waals surface area contributed by atoms with Crippen molar-refractivity contribution >= 4 is 34.6 Å². The maximum atomic E-state index is 13.5. The number of fused-ring (bicyclic) bond motifs is 3. The molecule has 0 radical (unpaired) electrons. The Balaban J connectivity index is 1.44. The van der Waals surface area contributed by atoms with Gasteiger partial charge in [-0.3, -0.25) is 4.79 Å². The number of hydrogen-bond acceptors (Lipinski definition) is 4. The lowest BCUT2D eigenvalue weighted by Gasteiger charge is -2.49. The molecule has 2 aliphatic rings. The van der Waals surface area contributed by atoms with Gasteiger partial charge in [-0.15, -0.1) is 0 Å². The van der Waals surface area contributed by atoms with Crippen LogP contribution >= 0.6 is 11.6 Å². The van der Waals surface area contributed by atoms with Crippen molar-refractivity contribution in [3.05, 3.63) is 83.4 Å². The van der Waals surface area contributed by atoms with Gasteiger partial charge in [0.2, 0.25) is 5.91 Å². The molecule has 3 aromatic rings. The van der Waals surface area contributed by atoms with Gasteiger partial charge in [0.1, 0.15) is 5.75 Å². The number of para-hydroxylation sites is 1. The zero-order valence-corrected chi connectivity index (χ0v) is 18.8. The summed E-state index contributed by atoms with van der Waals surface area (Å²) in [6.07, 6.45) is 0.719. The van der Waals surface area contributed by atoms with E-state index in [2.05, 4.69) is 45.4 Å². The van der Waals surface area contributed by atoms with E-state index < -0.39 is 0 Å². The Bertz CT molecular complexity index is 1140. The lowest BCUT2D eigenvalue weighted by molar-refractivity contribution is -0.120. The number of piperazine rings is 1. The number of nitrogens with one attached hydrogen (secondary N) is 1. The number of anilines is 3. The average molecular weight is 448 g/mol. The zero-order valence-electron chi connectivity index (χ0n) is 18.0. The Kier molecular flexibility index (Phi) is 5.66. The van der Waals surface area contributed by atoms with Crippen LogP contribution < -0.4 is 19.9 Å². The van der Waals surface area contributed by atoms with E-state index in [1.165, 1.54) is 11.3 Å². The number of benzene rings is 3. The monoisotopic (exact) mass is 447 g/mol. The summed E-state index contributed by atoms with van der Waals surface area (Å²) in [5.41, 5.74) is 4.32. The van der Waals surface area contributed by atoms with Gasteiger partial charge in [0.05, 0.1) is 19.1 Å². The van der Waals surface area contributed by atoms with Crippen LogP contribution in [0.3, 0.4) is 0 Å². The van der Waals surface area contributed by atoms with E-state index in [0.29, 0.717) is 0 Å². The SMILES string of the molecule is COc1cccc(NC(=O)C2Cc3ccccc3N3CCN(c4cccc(Cl)c4)CC23)c1. The largest absolute Gasteiger partial charge is 0.497 e. The van der Waals surface area contributed by atoms with Crippen LogP contribution in [-0.2, 0) is 11.2 Å². The standard InChI is InChI=1S/C26H26ClN3O2/c1-32-22-10-5-8-20(16-22)28-26(31)23-14-18-6-2-3-11-24(18)30-13-12-29(17-25(23)30)21-9-4-7-19(27)15-21/h2-11,15-16,23,25H,12-14,17H2,1H3,(H,28,31). The van der Waals surface area contributed by atoms with Crippen LogP contribution in [0.2, 0.25) is 5.02 Å². The molecule has 6 heteroatoms. The van der Waals surface area contributed by atoms with E-state index in [-0.39, 0.29) is 17.9 Å². The molecule has 2 atom stereocenters. The first-order valence-corrected chi connectivity index (χ1v) is 11.3. The quantitative estimate of drug-likeness (QED) is 0.620. The Hall–Kier alpha value is -3.18.